The maximum Gasteiger partial charge on any atom is 0.586 e. The van der Waals surface area contributed by atoms with E-state index in [9.17, 15) is 60.4 Å². The van der Waals surface area contributed by atoms with Crippen molar-refractivity contribution in [2.24, 2.45) is 0 Å². The van der Waals surface area contributed by atoms with Crippen LogP contribution in [0.5, 0.6) is 28.7 Å². The van der Waals surface area contributed by atoms with Crippen LogP contribution < -0.4 is 50.3 Å². The van der Waals surface area contributed by atoms with Crippen molar-refractivity contribution in [1.29, 1.82) is 0 Å². The summed E-state index contributed by atoms with van der Waals surface area (Å²) in [7, 11) is 1.56. The van der Waals surface area contributed by atoms with E-state index in [2.05, 4.69) is 142 Å². The minimum absolute atomic E-state index is 0.0913. The molecule has 0 spiro atoms. The van der Waals surface area contributed by atoms with Gasteiger partial charge in [0, 0.05) is 40.9 Å². The fraction of sp³-hybridized carbons (Fsp3) is 0.0440. The number of non-ortho nitro benzene ring substituents is 1. The number of rotatable bonds is 17. The number of carbonyl (C=O) groups is 5. The highest BCUT2D eigenvalue weighted by molar-refractivity contribution is 6.14. The van der Waals surface area contributed by atoms with E-state index in [1.807, 2.05) is 97.2 Å². The smallest absolute Gasteiger partial charge is 0.497 e. The molecule has 0 bridgehead atoms. The number of para-hydroxylation sites is 8. The lowest BCUT2D eigenvalue weighted by molar-refractivity contribution is -0.384. The van der Waals surface area contributed by atoms with Gasteiger partial charge in [-0.2, -0.15) is 25.5 Å². The molecule has 0 fully saturated rings. The maximum absolute atomic E-state index is 13.8. The fourth-order valence-corrected chi connectivity index (χ4v) is 14.5. The standard InChI is InChI=1S/C19H14N6O.C19H15N5O3.C18H11F2N5O3.C18H13F2N5O2.C17H10F2N6O3/c26-19(12-4-3-7-13-11(12)8-9-20-13)24-16-10-21-25-17(16)18-22-14-5-1-2-6-15(14)23-18;25-19(11-4-3-7-15-17(11)27-9-8-26-15)23-14-10-20-24-16(14)18-21-12-5-1-2-6-13(12)22-18;19-18(20)27-13-7-3-4-9(15(13)28-18)17(26)24-12-8-21-25-14(12)16-22-10-5-1-2-6-11(10)23-16;1-27-9-5-6-12-13(7-9)23-17(22-12)16-14(8-21-25-16)24-18(26)15-10(19)3-2-4-11(15)20;18-9-2-1-3-10(19)14(9)17(26)23-13-7-20-24-15(13)16-21-11-5-4-8(25(27)28)6-12(11)22-16/h1-10,20H,(H,21,25)(H,22,23)(H,24,26);1-7,10H,8-9H2,(H,20,24)(H,21,22)(H,23,25);1-8H,(H,21,25)(H,22,23)(H,24,26);2-8H,1H3,(H,21,25)(H,22,23)(H,24,26);1-7H,(H,20,24)(H,21,22)(H,23,26). The monoisotopic (exact) mass is 1840 g/mol. The molecule has 0 atom stereocenters. The minimum atomic E-state index is -3.81. The van der Waals surface area contributed by atoms with E-state index in [1.54, 1.807) is 62.0 Å². The van der Waals surface area contributed by atoms with E-state index < -0.39 is 63.3 Å². The second kappa shape index (κ2) is 36.5. The summed E-state index contributed by atoms with van der Waals surface area (Å²) in [6.45, 7) is 0.878. The molecule has 45 heteroatoms. The van der Waals surface area contributed by atoms with Gasteiger partial charge in [-0.1, -0.05) is 66.7 Å². The quantitative estimate of drug-likeness (QED) is 0.0229. The summed E-state index contributed by atoms with van der Waals surface area (Å²) >= 11 is 0. The third-order valence-electron chi connectivity index (χ3n) is 20.9. The number of ether oxygens (including phenoxy) is 5. The van der Waals surface area contributed by atoms with Crippen LogP contribution in [0.25, 0.3) is 124 Å². The Morgan fingerprint density at radius 3 is 1.18 bits per heavy atom. The van der Waals surface area contributed by atoms with Crippen molar-refractivity contribution in [1.82, 2.24) is 106 Å². The number of methoxy groups -OCH3 is 1. The molecular formula is C91H63F6N27O12. The summed E-state index contributed by atoms with van der Waals surface area (Å²) in [4.78, 5) is 114. The molecule has 136 heavy (non-hydrogen) atoms. The Labute approximate surface area is 755 Å². The number of benzene rings is 10. The Morgan fingerprint density at radius 1 is 0.382 bits per heavy atom. The molecule has 11 aromatic heterocycles. The Bertz CT molecular complexity index is 8040. The number of imidazole rings is 5. The zero-order valence-corrected chi connectivity index (χ0v) is 69.6. The number of nitrogens with zero attached hydrogens (tertiary/aromatic N) is 11. The number of amides is 5. The molecule has 0 saturated heterocycles. The molecule has 0 radical (unpaired) electrons. The number of alkyl halides is 2. The fourth-order valence-electron chi connectivity index (χ4n) is 14.5. The predicted molar refractivity (Wildman–Crippen MR) is 482 cm³/mol. The molecule has 2 aliphatic rings. The Morgan fingerprint density at radius 2 is 0.743 bits per heavy atom. The van der Waals surface area contributed by atoms with E-state index in [0.29, 0.717) is 121 Å². The normalized spacial score (nSPS) is 12.1. The van der Waals surface area contributed by atoms with Crippen molar-refractivity contribution in [3.05, 3.63) is 305 Å². The SMILES string of the molecule is COc1ccc2nc(-c3[nH]ncc3NC(=O)c3c(F)cccc3F)[nH]c2c1.O=C(Nc1cn[nH]c1-c1nc2ccc([N+](=O)[O-])cc2[nH]1)c1c(F)cccc1F.O=C(Nc1cn[nH]c1-c1nc2ccccc2[nH]1)c1cccc2[nH]ccc12.O=C(Nc1cn[nH]c1-c1nc2ccccc2[nH]1)c1cccc2c1OC(F)(F)O2.O=C(Nc1cn[nH]c1-c1nc2ccccc2[nH]1)c1cccc2c1OCCO2. The summed E-state index contributed by atoms with van der Waals surface area (Å²) < 4.78 is 107. The van der Waals surface area contributed by atoms with Crippen LogP contribution >= 0.6 is 0 Å². The van der Waals surface area contributed by atoms with Crippen molar-refractivity contribution in [3.8, 4) is 86.3 Å². The summed E-state index contributed by atoms with van der Waals surface area (Å²) in [5.74, 6) is -3.51. The van der Waals surface area contributed by atoms with Crippen molar-refractivity contribution in [2.45, 2.75) is 6.29 Å². The van der Waals surface area contributed by atoms with Gasteiger partial charge in [-0.3, -0.25) is 59.6 Å². The lowest BCUT2D eigenvalue weighted by atomic mass is 10.1. The van der Waals surface area contributed by atoms with Crippen LogP contribution in [0.1, 0.15) is 51.8 Å². The van der Waals surface area contributed by atoms with Crippen LogP contribution in [0, 0.1) is 33.4 Å². The number of anilines is 5. The van der Waals surface area contributed by atoms with Gasteiger partial charge in [-0.15, -0.1) is 8.78 Å². The number of nitro groups is 1. The summed E-state index contributed by atoms with van der Waals surface area (Å²) in [6, 6.07) is 55.4. The topological polar surface area (TPSA) is 537 Å². The second-order valence-electron chi connectivity index (χ2n) is 29.5. The third-order valence-corrected chi connectivity index (χ3v) is 20.9. The number of H-pyrrole nitrogens is 11. The average molecular weight is 1840 g/mol. The molecule has 23 rings (SSSR count). The maximum atomic E-state index is 13.8. The number of carbonyl (C=O) groups excluding carboxylic acids is 5. The van der Waals surface area contributed by atoms with Crippen molar-refractivity contribution < 1.29 is 78.9 Å². The van der Waals surface area contributed by atoms with Gasteiger partial charge < -0.3 is 80.2 Å². The Balaban J connectivity index is 0.000000109. The number of hydrogen-bond acceptors (Lipinski definition) is 22. The van der Waals surface area contributed by atoms with Gasteiger partial charge >= 0.3 is 6.29 Å². The molecule has 39 nitrogen and oxygen atoms in total. The van der Waals surface area contributed by atoms with Crippen LogP contribution in [0.4, 0.5) is 60.5 Å². The first kappa shape index (κ1) is 85.9. The first-order chi connectivity index (χ1) is 66.1. The van der Waals surface area contributed by atoms with E-state index >= 15 is 0 Å². The molecule has 13 heterocycles. The molecule has 5 amide bonds. The highest BCUT2D eigenvalue weighted by atomic mass is 19.3. The molecule has 676 valence electrons. The van der Waals surface area contributed by atoms with Crippen molar-refractivity contribution in [2.75, 3.05) is 46.9 Å². The summed E-state index contributed by atoms with van der Waals surface area (Å²) in [6.07, 6.45) is 5.12. The number of halogens is 6. The molecule has 21 aromatic rings. The van der Waals surface area contributed by atoms with Gasteiger partial charge in [0.2, 0.25) is 0 Å². The minimum Gasteiger partial charge on any atom is -0.497 e. The molecule has 16 N–H and O–H groups in total. The molecule has 2 aliphatic heterocycles. The van der Waals surface area contributed by atoms with E-state index in [1.165, 1.54) is 61.1 Å². The van der Waals surface area contributed by atoms with Crippen LogP contribution in [0.3, 0.4) is 0 Å². The lowest BCUT2D eigenvalue weighted by Crippen LogP contribution is -2.26. The highest BCUT2D eigenvalue weighted by Crippen LogP contribution is 2.44. The van der Waals surface area contributed by atoms with Crippen LogP contribution in [0.2, 0.25) is 0 Å². The number of nitrogens with one attached hydrogen (secondary N) is 16. The van der Waals surface area contributed by atoms with E-state index in [-0.39, 0.29) is 57.5 Å². The van der Waals surface area contributed by atoms with Gasteiger partial charge in [0.1, 0.15) is 81.8 Å². The third kappa shape index (κ3) is 17.7. The molecule has 0 unspecified atom stereocenters. The zero-order valence-electron chi connectivity index (χ0n) is 69.6. The average Bonchev–Trinajstić information content (AvgIpc) is 1.17. The number of nitro benzene ring substituents is 1. The van der Waals surface area contributed by atoms with Gasteiger partial charge in [-0.25, -0.2) is 42.5 Å². The molecule has 0 aliphatic carbocycles. The second-order valence-corrected chi connectivity index (χ2v) is 29.5. The number of hydrogen-bond donors (Lipinski definition) is 16. The molecular weight excluding hydrogens is 1780 g/mol. The predicted octanol–water partition coefficient (Wildman–Crippen LogP) is 17.1. The number of aromatic nitrogens is 21. The van der Waals surface area contributed by atoms with Crippen molar-refractivity contribution in [3.63, 3.8) is 0 Å². The Hall–Kier alpha value is -19.5. The van der Waals surface area contributed by atoms with Gasteiger partial charge in [0.25, 0.3) is 35.2 Å². The highest BCUT2D eigenvalue weighted by Gasteiger charge is 2.45. The van der Waals surface area contributed by atoms with Crippen LogP contribution in [-0.2, 0) is 0 Å². The van der Waals surface area contributed by atoms with Gasteiger partial charge in [0.15, 0.2) is 52.1 Å². The molecule has 10 aromatic carbocycles. The van der Waals surface area contributed by atoms with E-state index in [4.69, 9.17) is 14.2 Å². The lowest BCUT2D eigenvalue weighted by Gasteiger charge is -2.20. The zero-order chi connectivity index (χ0) is 93.8. The van der Waals surface area contributed by atoms with Crippen molar-refractivity contribution >= 4 is 130 Å². The first-order valence-electron chi connectivity index (χ1n) is 40.6. The van der Waals surface area contributed by atoms with Gasteiger partial charge in [0.05, 0.1) is 138 Å². The number of fused-ring (bicyclic) bond motifs is 8. The summed E-state index contributed by atoms with van der Waals surface area (Å²) in [5.41, 5.74) is 11.7. The van der Waals surface area contributed by atoms with E-state index in [0.717, 1.165) is 79.9 Å². The first-order valence-corrected chi connectivity index (χ1v) is 40.6. The van der Waals surface area contributed by atoms with Crippen LogP contribution in [-0.4, -0.2) is 167 Å². The number of aromatic amines is 11. The Kier molecular flexibility index (Phi) is 23.1. The summed E-state index contributed by atoms with van der Waals surface area (Å²) in [5, 5.41) is 58.7. The largest absolute Gasteiger partial charge is 0.586 e. The van der Waals surface area contributed by atoms with Crippen LogP contribution in [0.15, 0.2) is 243 Å². The molecule has 0 saturated carbocycles. The van der Waals surface area contributed by atoms with Gasteiger partial charge in [-0.05, 0) is 121 Å².